The van der Waals surface area contributed by atoms with Crippen LogP contribution in [0.5, 0.6) is 0 Å². The predicted octanol–water partition coefficient (Wildman–Crippen LogP) is 3.06. The molecule has 0 radical (unpaired) electrons. The van der Waals surface area contributed by atoms with Crippen LogP contribution in [0.25, 0.3) is 0 Å². The summed E-state index contributed by atoms with van der Waals surface area (Å²) >= 11 is 4.65. The quantitative estimate of drug-likeness (QED) is 0.716. The zero-order valence-corrected chi connectivity index (χ0v) is 15.2. The SMILES string of the molecule is COC(=O)CCNC(=O)c1ccc(NC(=O)c2sccc2Br)cc1. The lowest BCUT2D eigenvalue weighted by molar-refractivity contribution is -0.140. The number of esters is 1. The first-order valence-electron chi connectivity index (χ1n) is 7.00. The molecule has 2 amide bonds. The molecule has 0 atom stereocenters. The number of amides is 2. The molecule has 0 saturated carbocycles. The van der Waals surface area contributed by atoms with Crippen molar-refractivity contribution in [1.29, 1.82) is 0 Å². The van der Waals surface area contributed by atoms with Crippen molar-refractivity contribution in [3.63, 3.8) is 0 Å². The maximum absolute atomic E-state index is 12.1. The van der Waals surface area contributed by atoms with Crippen molar-refractivity contribution in [2.45, 2.75) is 6.42 Å². The molecule has 2 aromatic rings. The van der Waals surface area contributed by atoms with Crippen LogP contribution in [0.4, 0.5) is 5.69 Å². The Morgan fingerprint density at radius 2 is 1.83 bits per heavy atom. The summed E-state index contributed by atoms with van der Waals surface area (Å²) in [6, 6.07) is 8.31. The maximum Gasteiger partial charge on any atom is 0.307 e. The second-order valence-corrected chi connectivity index (χ2v) is 6.48. The molecule has 2 N–H and O–H groups in total. The largest absolute Gasteiger partial charge is 0.469 e. The minimum absolute atomic E-state index is 0.117. The Bertz CT molecular complexity index is 743. The first kappa shape index (κ1) is 18.2. The van der Waals surface area contributed by atoms with Crippen LogP contribution >= 0.6 is 27.3 Å². The number of halogens is 1. The summed E-state index contributed by atoms with van der Waals surface area (Å²) in [5.74, 6) is -0.891. The summed E-state index contributed by atoms with van der Waals surface area (Å²) < 4.78 is 5.24. The molecular formula is C16H15BrN2O4S. The van der Waals surface area contributed by atoms with Crippen molar-refractivity contribution in [2.24, 2.45) is 0 Å². The predicted molar refractivity (Wildman–Crippen MR) is 95.4 cm³/mol. The van der Waals surface area contributed by atoms with E-state index in [0.717, 1.165) is 4.47 Å². The number of carbonyl (C=O) groups excluding carboxylic acids is 3. The minimum atomic E-state index is -0.381. The fraction of sp³-hybridized carbons (Fsp3) is 0.188. The highest BCUT2D eigenvalue weighted by molar-refractivity contribution is 9.10. The van der Waals surface area contributed by atoms with Crippen LogP contribution in [0.15, 0.2) is 40.2 Å². The second kappa shape index (κ2) is 8.60. The summed E-state index contributed by atoms with van der Waals surface area (Å²) in [4.78, 5) is 35.6. The zero-order chi connectivity index (χ0) is 17.5. The smallest absolute Gasteiger partial charge is 0.307 e. The fourth-order valence-electron chi connectivity index (χ4n) is 1.83. The Labute approximate surface area is 151 Å². The van der Waals surface area contributed by atoms with Crippen LogP contribution in [0.2, 0.25) is 0 Å². The van der Waals surface area contributed by atoms with E-state index in [0.29, 0.717) is 16.1 Å². The molecule has 0 aliphatic carbocycles. The molecule has 24 heavy (non-hydrogen) atoms. The lowest BCUT2D eigenvalue weighted by Crippen LogP contribution is -2.26. The zero-order valence-electron chi connectivity index (χ0n) is 12.8. The van der Waals surface area contributed by atoms with E-state index in [4.69, 9.17) is 0 Å². The Kier molecular flexibility index (Phi) is 6.51. The van der Waals surface area contributed by atoms with Crippen molar-refractivity contribution < 1.29 is 19.1 Å². The van der Waals surface area contributed by atoms with Gasteiger partial charge in [-0.05, 0) is 51.6 Å². The van der Waals surface area contributed by atoms with Gasteiger partial charge in [0.1, 0.15) is 4.88 Å². The molecule has 126 valence electrons. The number of ether oxygens (including phenoxy) is 1. The third-order valence-corrected chi connectivity index (χ3v) is 4.91. The van der Waals surface area contributed by atoms with Crippen LogP contribution in [-0.4, -0.2) is 31.4 Å². The Hall–Kier alpha value is -2.19. The first-order chi connectivity index (χ1) is 11.5. The van der Waals surface area contributed by atoms with Crippen molar-refractivity contribution in [3.05, 3.63) is 50.6 Å². The molecule has 0 aliphatic rings. The van der Waals surface area contributed by atoms with Crippen molar-refractivity contribution >= 4 is 50.7 Å². The van der Waals surface area contributed by atoms with Crippen LogP contribution < -0.4 is 10.6 Å². The van der Waals surface area contributed by atoms with Crippen molar-refractivity contribution in [1.82, 2.24) is 5.32 Å². The van der Waals surface area contributed by atoms with E-state index in [1.54, 1.807) is 30.3 Å². The third-order valence-electron chi connectivity index (χ3n) is 3.07. The van der Waals surface area contributed by atoms with Gasteiger partial charge in [-0.3, -0.25) is 14.4 Å². The summed E-state index contributed by atoms with van der Waals surface area (Å²) in [5.41, 5.74) is 1.03. The average molecular weight is 411 g/mol. The molecule has 0 bridgehead atoms. The number of methoxy groups -OCH3 is 1. The summed E-state index contributed by atoms with van der Waals surface area (Å²) in [6.45, 7) is 0.205. The van der Waals surface area contributed by atoms with Gasteiger partial charge in [-0.1, -0.05) is 0 Å². The highest BCUT2D eigenvalue weighted by atomic mass is 79.9. The average Bonchev–Trinajstić information content (AvgIpc) is 3.01. The highest BCUT2D eigenvalue weighted by Crippen LogP contribution is 2.23. The fourth-order valence-corrected chi connectivity index (χ4v) is 3.28. The van der Waals surface area contributed by atoms with Gasteiger partial charge in [-0.25, -0.2) is 0 Å². The molecule has 0 spiro atoms. The van der Waals surface area contributed by atoms with E-state index in [2.05, 4.69) is 31.3 Å². The number of rotatable bonds is 6. The van der Waals surface area contributed by atoms with E-state index < -0.39 is 0 Å². The molecule has 0 fully saturated rings. The second-order valence-electron chi connectivity index (χ2n) is 4.71. The van der Waals surface area contributed by atoms with E-state index >= 15 is 0 Å². The summed E-state index contributed by atoms with van der Waals surface area (Å²) in [5, 5.41) is 7.21. The van der Waals surface area contributed by atoms with Crippen LogP contribution in [0.1, 0.15) is 26.5 Å². The van der Waals surface area contributed by atoms with Crippen LogP contribution in [0.3, 0.4) is 0 Å². The van der Waals surface area contributed by atoms with Gasteiger partial charge in [0.2, 0.25) is 0 Å². The van der Waals surface area contributed by atoms with E-state index in [9.17, 15) is 14.4 Å². The number of carbonyl (C=O) groups is 3. The van der Waals surface area contributed by atoms with E-state index in [1.165, 1.54) is 18.4 Å². The monoisotopic (exact) mass is 410 g/mol. The van der Waals surface area contributed by atoms with Gasteiger partial charge in [0.25, 0.3) is 11.8 Å². The molecular weight excluding hydrogens is 396 g/mol. The minimum Gasteiger partial charge on any atom is -0.469 e. The molecule has 2 rings (SSSR count). The normalized spacial score (nSPS) is 10.1. The molecule has 0 unspecified atom stereocenters. The van der Waals surface area contributed by atoms with Gasteiger partial charge in [0.05, 0.1) is 13.5 Å². The molecule has 1 heterocycles. The van der Waals surface area contributed by atoms with Crippen LogP contribution in [-0.2, 0) is 9.53 Å². The maximum atomic E-state index is 12.1. The van der Waals surface area contributed by atoms with Gasteiger partial charge in [-0.2, -0.15) is 0 Å². The molecule has 1 aromatic carbocycles. The van der Waals surface area contributed by atoms with E-state index in [-0.39, 0.29) is 30.7 Å². The molecule has 6 nitrogen and oxygen atoms in total. The van der Waals surface area contributed by atoms with Gasteiger partial charge in [0, 0.05) is 22.3 Å². The van der Waals surface area contributed by atoms with Gasteiger partial charge >= 0.3 is 5.97 Å². The number of anilines is 1. The van der Waals surface area contributed by atoms with E-state index in [1.807, 2.05) is 5.38 Å². The lowest BCUT2D eigenvalue weighted by atomic mass is 10.2. The Balaban J connectivity index is 1.90. The third kappa shape index (κ3) is 4.90. The summed E-state index contributed by atoms with van der Waals surface area (Å²) in [7, 11) is 1.30. The van der Waals surface area contributed by atoms with Gasteiger partial charge in [-0.15, -0.1) is 11.3 Å². The Morgan fingerprint density at radius 1 is 1.12 bits per heavy atom. The first-order valence-corrected chi connectivity index (χ1v) is 8.68. The Morgan fingerprint density at radius 3 is 2.42 bits per heavy atom. The molecule has 0 aliphatic heterocycles. The standard InChI is InChI=1S/C16H15BrN2O4S/c1-23-13(20)6-8-18-15(21)10-2-4-11(5-3-10)19-16(22)14-12(17)7-9-24-14/h2-5,7,9H,6,8H2,1H3,(H,18,21)(H,19,22). The summed E-state index contributed by atoms with van der Waals surface area (Å²) in [6.07, 6.45) is 0.117. The highest BCUT2D eigenvalue weighted by Gasteiger charge is 2.12. The number of hydrogen-bond donors (Lipinski definition) is 2. The van der Waals surface area contributed by atoms with Gasteiger partial charge < -0.3 is 15.4 Å². The number of benzene rings is 1. The number of hydrogen-bond acceptors (Lipinski definition) is 5. The topological polar surface area (TPSA) is 84.5 Å². The van der Waals surface area contributed by atoms with Crippen molar-refractivity contribution in [3.8, 4) is 0 Å². The molecule has 1 aromatic heterocycles. The molecule has 0 saturated heterocycles. The number of nitrogens with one attached hydrogen (secondary N) is 2. The van der Waals surface area contributed by atoms with Crippen LogP contribution in [0, 0.1) is 0 Å². The lowest BCUT2D eigenvalue weighted by Gasteiger charge is -2.07. The number of thiophene rings is 1. The molecule has 8 heteroatoms. The van der Waals surface area contributed by atoms with Crippen molar-refractivity contribution in [2.75, 3.05) is 19.0 Å². The van der Waals surface area contributed by atoms with Gasteiger partial charge in [0.15, 0.2) is 0 Å².